The molecule has 0 saturated carbocycles. The van der Waals surface area contributed by atoms with Gasteiger partial charge in [-0.2, -0.15) is 0 Å². The summed E-state index contributed by atoms with van der Waals surface area (Å²) in [5.41, 5.74) is 2.97. The van der Waals surface area contributed by atoms with Gasteiger partial charge in [0, 0.05) is 36.0 Å². The number of nitro benzene ring substituents is 1. The second kappa shape index (κ2) is 6.78. The van der Waals surface area contributed by atoms with Crippen molar-refractivity contribution >= 4 is 17.0 Å². The van der Waals surface area contributed by atoms with Crippen LogP contribution in [0.4, 0.5) is 5.69 Å². The van der Waals surface area contributed by atoms with E-state index in [1.807, 2.05) is 19.9 Å². The van der Waals surface area contributed by atoms with E-state index in [4.69, 9.17) is 0 Å². The van der Waals surface area contributed by atoms with Crippen molar-refractivity contribution in [1.82, 2.24) is 10.3 Å². The standard InChI is InChI=1S/C15H19N3O2S/c1-10-14(5-4-6-15(10)18(19)20)11(2)16-8-7-13-9-21-12(3)17-13/h4-6,9,11,16H,7-8H2,1-3H3/t11-/m0/s1. The van der Waals surface area contributed by atoms with E-state index in [-0.39, 0.29) is 16.7 Å². The Labute approximate surface area is 128 Å². The van der Waals surface area contributed by atoms with E-state index in [1.165, 1.54) is 0 Å². The summed E-state index contributed by atoms with van der Waals surface area (Å²) >= 11 is 1.65. The Morgan fingerprint density at radius 2 is 2.19 bits per heavy atom. The zero-order chi connectivity index (χ0) is 15.4. The molecule has 21 heavy (non-hydrogen) atoms. The molecule has 0 fully saturated rings. The number of aryl methyl sites for hydroxylation is 1. The van der Waals surface area contributed by atoms with Crippen molar-refractivity contribution in [2.24, 2.45) is 0 Å². The molecule has 1 heterocycles. The number of hydrogen-bond donors (Lipinski definition) is 1. The maximum Gasteiger partial charge on any atom is 0.272 e. The molecule has 0 aliphatic carbocycles. The summed E-state index contributed by atoms with van der Waals surface area (Å²) in [6.07, 6.45) is 0.864. The van der Waals surface area contributed by atoms with Gasteiger partial charge in [-0.05, 0) is 26.3 Å². The van der Waals surface area contributed by atoms with Crippen LogP contribution in [0.2, 0.25) is 0 Å². The molecule has 6 heteroatoms. The smallest absolute Gasteiger partial charge is 0.272 e. The number of nitrogens with zero attached hydrogens (tertiary/aromatic N) is 2. The fourth-order valence-corrected chi connectivity index (χ4v) is 3.00. The van der Waals surface area contributed by atoms with E-state index in [0.717, 1.165) is 34.8 Å². The number of nitrogens with one attached hydrogen (secondary N) is 1. The maximum absolute atomic E-state index is 11.0. The minimum atomic E-state index is -0.330. The molecule has 0 unspecified atom stereocenters. The summed E-state index contributed by atoms with van der Waals surface area (Å²) in [7, 11) is 0. The second-order valence-electron chi connectivity index (χ2n) is 5.03. The Kier molecular flexibility index (Phi) is 5.03. The van der Waals surface area contributed by atoms with Crippen LogP contribution in [0.25, 0.3) is 0 Å². The van der Waals surface area contributed by atoms with E-state index in [2.05, 4.69) is 15.7 Å². The van der Waals surface area contributed by atoms with Crippen LogP contribution in [0.1, 0.15) is 34.8 Å². The van der Waals surface area contributed by atoms with Gasteiger partial charge in [-0.25, -0.2) is 4.98 Å². The van der Waals surface area contributed by atoms with Crippen LogP contribution in [0.15, 0.2) is 23.6 Å². The lowest BCUT2D eigenvalue weighted by Crippen LogP contribution is -2.22. The normalized spacial score (nSPS) is 12.3. The SMILES string of the molecule is Cc1nc(CCN[C@@H](C)c2cccc([N+](=O)[O-])c2C)cs1. The fraction of sp³-hybridized carbons (Fsp3) is 0.400. The largest absolute Gasteiger partial charge is 0.310 e. The van der Waals surface area contributed by atoms with E-state index < -0.39 is 0 Å². The van der Waals surface area contributed by atoms with Gasteiger partial charge >= 0.3 is 0 Å². The van der Waals surface area contributed by atoms with Crippen LogP contribution in [0.5, 0.6) is 0 Å². The Morgan fingerprint density at radius 3 is 2.81 bits per heavy atom. The van der Waals surface area contributed by atoms with Gasteiger partial charge in [-0.3, -0.25) is 10.1 Å². The van der Waals surface area contributed by atoms with Crippen molar-refractivity contribution in [2.45, 2.75) is 33.2 Å². The van der Waals surface area contributed by atoms with Gasteiger partial charge in [-0.15, -0.1) is 11.3 Å². The van der Waals surface area contributed by atoms with Gasteiger partial charge in [0.1, 0.15) is 0 Å². The average Bonchev–Trinajstić information content (AvgIpc) is 2.84. The molecule has 1 N–H and O–H groups in total. The summed E-state index contributed by atoms with van der Waals surface area (Å²) in [6.45, 7) is 6.62. The minimum absolute atomic E-state index is 0.0737. The molecule has 0 radical (unpaired) electrons. The molecule has 0 saturated heterocycles. The van der Waals surface area contributed by atoms with Crippen molar-refractivity contribution in [3.05, 3.63) is 55.5 Å². The number of benzene rings is 1. The molecule has 112 valence electrons. The third-order valence-corrected chi connectivity index (χ3v) is 4.33. The van der Waals surface area contributed by atoms with Crippen molar-refractivity contribution in [3.63, 3.8) is 0 Å². The molecule has 0 aliphatic rings. The first-order valence-corrected chi connectivity index (χ1v) is 7.75. The highest BCUT2D eigenvalue weighted by Crippen LogP contribution is 2.25. The van der Waals surface area contributed by atoms with Gasteiger partial charge in [0.15, 0.2) is 0 Å². The van der Waals surface area contributed by atoms with Crippen molar-refractivity contribution in [2.75, 3.05) is 6.54 Å². The zero-order valence-corrected chi connectivity index (χ0v) is 13.2. The van der Waals surface area contributed by atoms with Gasteiger partial charge < -0.3 is 5.32 Å². The van der Waals surface area contributed by atoms with Crippen LogP contribution < -0.4 is 5.32 Å². The Morgan fingerprint density at radius 1 is 1.43 bits per heavy atom. The predicted octanol–water partition coefficient (Wildman–Crippen LogP) is 3.56. The van der Waals surface area contributed by atoms with Crippen LogP contribution in [-0.2, 0) is 6.42 Å². The molecule has 5 nitrogen and oxygen atoms in total. The topological polar surface area (TPSA) is 68.1 Å². The monoisotopic (exact) mass is 305 g/mol. The number of aromatic nitrogens is 1. The van der Waals surface area contributed by atoms with Crippen LogP contribution in [-0.4, -0.2) is 16.5 Å². The molecule has 1 aromatic heterocycles. The van der Waals surface area contributed by atoms with Gasteiger partial charge in [-0.1, -0.05) is 12.1 Å². The minimum Gasteiger partial charge on any atom is -0.310 e. The number of thiazole rings is 1. The number of rotatable bonds is 6. The highest BCUT2D eigenvalue weighted by Gasteiger charge is 2.16. The average molecular weight is 305 g/mol. The zero-order valence-electron chi connectivity index (χ0n) is 12.4. The molecule has 0 bridgehead atoms. The Hall–Kier alpha value is -1.79. The molecular weight excluding hydrogens is 286 g/mol. The first kappa shape index (κ1) is 15.6. The first-order chi connectivity index (χ1) is 9.99. The third kappa shape index (κ3) is 3.86. The highest BCUT2D eigenvalue weighted by atomic mass is 32.1. The molecule has 1 atom stereocenters. The van der Waals surface area contributed by atoms with Crippen molar-refractivity contribution in [1.29, 1.82) is 0 Å². The summed E-state index contributed by atoms with van der Waals surface area (Å²) in [5.74, 6) is 0. The fourth-order valence-electron chi connectivity index (χ4n) is 2.36. The van der Waals surface area contributed by atoms with Crippen LogP contribution in [0, 0.1) is 24.0 Å². The summed E-state index contributed by atoms with van der Waals surface area (Å²) in [6, 6.07) is 5.29. The molecule has 1 aromatic carbocycles. The van der Waals surface area contributed by atoms with E-state index in [9.17, 15) is 10.1 Å². The maximum atomic E-state index is 11.0. The van der Waals surface area contributed by atoms with E-state index in [1.54, 1.807) is 30.4 Å². The quantitative estimate of drug-likeness (QED) is 0.654. The molecule has 0 aliphatic heterocycles. The lowest BCUT2D eigenvalue weighted by Gasteiger charge is -2.16. The van der Waals surface area contributed by atoms with Crippen LogP contribution in [0.3, 0.4) is 0 Å². The summed E-state index contributed by atoms with van der Waals surface area (Å²) < 4.78 is 0. The highest BCUT2D eigenvalue weighted by molar-refractivity contribution is 7.09. The van der Waals surface area contributed by atoms with Crippen LogP contribution >= 0.6 is 11.3 Å². The molecule has 0 spiro atoms. The number of nitro groups is 1. The van der Waals surface area contributed by atoms with Crippen molar-refractivity contribution < 1.29 is 4.92 Å². The summed E-state index contributed by atoms with van der Waals surface area (Å²) in [5, 5.41) is 17.5. The lowest BCUT2D eigenvalue weighted by atomic mass is 10.0. The first-order valence-electron chi connectivity index (χ1n) is 6.87. The molecular formula is C15H19N3O2S. The predicted molar refractivity (Wildman–Crippen MR) is 84.8 cm³/mol. The van der Waals surface area contributed by atoms with Gasteiger partial charge in [0.05, 0.1) is 15.6 Å². The molecule has 2 aromatic rings. The van der Waals surface area contributed by atoms with E-state index in [0.29, 0.717) is 0 Å². The Bertz CT molecular complexity index is 640. The molecule has 0 amide bonds. The lowest BCUT2D eigenvalue weighted by molar-refractivity contribution is -0.385. The third-order valence-electron chi connectivity index (χ3n) is 3.51. The van der Waals surface area contributed by atoms with Gasteiger partial charge in [0.2, 0.25) is 0 Å². The second-order valence-corrected chi connectivity index (χ2v) is 6.09. The van der Waals surface area contributed by atoms with Crippen molar-refractivity contribution in [3.8, 4) is 0 Å². The van der Waals surface area contributed by atoms with E-state index >= 15 is 0 Å². The number of hydrogen-bond acceptors (Lipinski definition) is 5. The molecule has 2 rings (SSSR count). The summed E-state index contributed by atoms with van der Waals surface area (Å²) in [4.78, 5) is 15.1. The van der Waals surface area contributed by atoms with Gasteiger partial charge in [0.25, 0.3) is 5.69 Å². The Balaban J connectivity index is 1.98.